The Balaban J connectivity index is 2.90. The summed E-state index contributed by atoms with van der Waals surface area (Å²) in [4.78, 5) is 13.3. The maximum Gasteiger partial charge on any atom is 0.422 e. The number of carbonyl (C=O) groups excluding carboxylic acids is 1. The minimum absolute atomic E-state index is 0.136. The summed E-state index contributed by atoms with van der Waals surface area (Å²) in [7, 11) is 0. The Kier molecular flexibility index (Phi) is 3.59. The number of esters is 1. The van der Waals surface area contributed by atoms with Crippen molar-refractivity contribution in [2.75, 3.05) is 6.61 Å². The van der Waals surface area contributed by atoms with Crippen molar-refractivity contribution in [3.8, 4) is 0 Å². The van der Waals surface area contributed by atoms with Crippen LogP contribution in [0, 0.1) is 17.7 Å². The van der Waals surface area contributed by atoms with Crippen LogP contribution in [0.2, 0.25) is 0 Å². The van der Waals surface area contributed by atoms with Crippen LogP contribution in [0.4, 0.5) is 26.3 Å². The van der Waals surface area contributed by atoms with Crippen LogP contribution in [0.3, 0.4) is 0 Å². The van der Waals surface area contributed by atoms with E-state index in [4.69, 9.17) is 0 Å². The number of carbonyl (C=O) groups is 1. The second kappa shape index (κ2) is 4.60. The molecular formula is C8H3F6NO2. The lowest BCUT2D eigenvalue weighted by molar-refractivity contribution is -0.161. The predicted octanol–water partition coefficient (Wildman–Crippen LogP) is 2.22. The Bertz CT molecular complexity index is 444. The van der Waals surface area contributed by atoms with E-state index in [0.717, 1.165) is 0 Å². The Labute approximate surface area is 90.0 Å². The summed E-state index contributed by atoms with van der Waals surface area (Å²) in [5.74, 6) is -7.20. The number of nitrogens with zero attached hydrogens (tertiary/aromatic N) is 1. The molecule has 0 fully saturated rings. The molecule has 1 aromatic rings. The Morgan fingerprint density at radius 3 is 2.41 bits per heavy atom. The fourth-order valence-electron chi connectivity index (χ4n) is 0.842. The number of rotatable bonds is 2. The Morgan fingerprint density at radius 2 is 1.88 bits per heavy atom. The van der Waals surface area contributed by atoms with Gasteiger partial charge in [0.05, 0.1) is 0 Å². The number of aromatic nitrogens is 1. The van der Waals surface area contributed by atoms with Gasteiger partial charge in [-0.1, -0.05) is 0 Å². The molecule has 0 aliphatic heterocycles. The van der Waals surface area contributed by atoms with E-state index in [1.165, 1.54) is 0 Å². The van der Waals surface area contributed by atoms with E-state index in [2.05, 4.69) is 9.72 Å². The van der Waals surface area contributed by atoms with E-state index < -0.39 is 42.0 Å². The normalized spacial score (nSPS) is 11.4. The maximum atomic E-state index is 12.9. The van der Waals surface area contributed by atoms with Gasteiger partial charge in [0.2, 0.25) is 5.95 Å². The molecule has 3 nitrogen and oxygen atoms in total. The third-order valence-electron chi connectivity index (χ3n) is 1.47. The van der Waals surface area contributed by atoms with Crippen molar-refractivity contribution < 1.29 is 35.9 Å². The molecule has 0 saturated carbocycles. The third kappa shape index (κ3) is 3.61. The minimum atomic E-state index is -4.82. The molecule has 0 bridgehead atoms. The molecule has 0 spiro atoms. The molecule has 0 atom stereocenters. The second-order valence-corrected chi connectivity index (χ2v) is 2.79. The first-order valence-corrected chi connectivity index (χ1v) is 3.96. The molecule has 94 valence electrons. The van der Waals surface area contributed by atoms with Crippen LogP contribution in [0.25, 0.3) is 0 Å². The molecule has 0 amide bonds. The van der Waals surface area contributed by atoms with Crippen LogP contribution < -0.4 is 0 Å². The first kappa shape index (κ1) is 13.3. The Morgan fingerprint density at radius 1 is 1.29 bits per heavy atom. The van der Waals surface area contributed by atoms with Gasteiger partial charge in [-0.05, 0) is 0 Å². The van der Waals surface area contributed by atoms with Gasteiger partial charge in [0.1, 0.15) is 5.56 Å². The van der Waals surface area contributed by atoms with E-state index in [1.54, 1.807) is 0 Å². The highest BCUT2D eigenvalue weighted by atomic mass is 19.4. The SMILES string of the molecule is O=C(OCC(F)(F)F)c1cc(F)nc(F)c1F. The van der Waals surface area contributed by atoms with Crippen LogP contribution in [-0.4, -0.2) is 23.7 Å². The van der Waals surface area contributed by atoms with Crippen molar-refractivity contribution in [3.05, 3.63) is 29.3 Å². The summed E-state index contributed by atoms with van der Waals surface area (Å²) in [5, 5.41) is 0. The lowest BCUT2D eigenvalue weighted by atomic mass is 10.2. The number of alkyl halides is 3. The Hall–Kier alpha value is -1.80. The van der Waals surface area contributed by atoms with Crippen molar-refractivity contribution in [3.63, 3.8) is 0 Å². The van der Waals surface area contributed by atoms with Crippen LogP contribution in [0.15, 0.2) is 6.07 Å². The maximum absolute atomic E-state index is 12.9. The topological polar surface area (TPSA) is 39.2 Å². The van der Waals surface area contributed by atoms with E-state index in [9.17, 15) is 31.1 Å². The zero-order chi connectivity index (χ0) is 13.2. The summed E-state index contributed by atoms with van der Waals surface area (Å²) in [5.41, 5.74) is -1.29. The van der Waals surface area contributed by atoms with E-state index in [0.29, 0.717) is 0 Å². The highest BCUT2D eigenvalue weighted by molar-refractivity contribution is 5.89. The van der Waals surface area contributed by atoms with E-state index in [-0.39, 0.29) is 6.07 Å². The van der Waals surface area contributed by atoms with Crippen LogP contribution in [0.1, 0.15) is 10.4 Å². The number of hydrogen-bond acceptors (Lipinski definition) is 3. The van der Waals surface area contributed by atoms with Crippen LogP contribution >= 0.6 is 0 Å². The summed E-state index contributed by atoms with van der Waals surface area (Å²) in [6, 6.07) is 0.136. The van der Waals surface area contributed by atoms with Gasteiger partial charge >= 0.3 is 12.1 Å². The number of ether oxygens (including phenoxy) is 1. The average Bonchev–Trinajstić information content (AvgIpc) is 2.19. The molecule has 0 unspecified atom stereocenters. The quantitative estimate of drug-likeness (QED) is 0.464. The van der Waals surface area contributed by atoms with Crippen LogP contribution in [0.5, 0.6) is 0 Å². The zero-order valence-electron chi connectivity index (χ0n) is 7.82. The fourth-order valence-corrected chi connectivity index (χ4v) is 0.842. The number of hydrogen-bond donors (Lipinski definition) is 0. The zero-order valence-corrected chi connectivity index (χ0v) is 7.82. The van der Waals surface area contributed by atoms with Gasteiger partial charge in [-0.15, -0.1) is 0 Å². The number of halogens is 6. The summed E-state index contributed by atoms with van der Waals surface area (Å²) >= 11 is 0. The largest absolute Gasteiger partial charge is 0.452 e. The lowest BCUT2D eigenvalue weighted by Crippen LogP contribution is -2.21. The van der Waals surface area contributed by atoms with Crippen molar-refractivity contribution >= 4 is 5.97 Å². The highest BCUT2D eigenvalue weighted by Crippen LogP contribution is 2.17. The highest BCUT2D eigenvalue weighted by Gasteiger charge is 2.31. The molecule has 1 rings (SSSR count). The first-order chi connectivity index (χ1) is 7.70. The third-order valence-corrected chi connectivity index (χ3v) is 1.47. The fraction of sp³-hybridized carbons (Fsp3) is 0.250. The van der Waals surface area contributed by atoms with Gasteiger partial charge in [0.25, 0.3) is 5.95 Å². The standard InChI is InChI=1S/C8H3F6NO2/c9-4-1-3(5(10)6(11)15-4)7(16)17-2-8(12,13)14/h1H,2H2. The smallest absolute Gasteiger partial charge is 0.422 e. The van der Waals surface area contributed by atoms with Crippen molar-refractivity contribution in [2.45, 2.75) is 6.18 Å². The monoisotopic (exact) mass is 259 g/mol. The van der Waals surface area contributed by atoms with Gasteiger partial charge in [0, 0.05) is 6.07 Å². The number of pyridine rings is 1. The van der Waals surface area contributed by atoms with Gasteiger partial charge < -0.3 is 4.74 Å². The van der Waals surface area contributed by atoms with Gasteiger partial charge in [-0.25, -0.2) is 9.18 Å². The first-order valence-electron chi connectivity index (χ1n) is 3.96. The molecule has 0 aliphatic rings. The molecule has 9 heteroatoms. The average molecular weight is 259 g/mol. The molecule has 1 aromatic heterocycles. The second-order valence-electron chi connectivity index (χ2n) is 2.79. The molecule has 0 N–H and O–H groups in total. The van der Waals surface area contributed by atoms with Crippen molar-refractivity contribution in [2.24, 2.45) is 0 Å². The molecule has 0 saturated heterocycles. The van der Waals surface area contributed by atoms with Crippen LogP contribution in [-0.2, 0) is 4.74 Å². The van der Waals surface area contributed by atoms with E-state index in [1.807, 2.05) is 0 Å². The van der Waals surface area contributed by atoms with Gasteiger partial charge in [-0.3, -0.25) is 0 Å². The summed E-state index contributed by atoms with van der Waals surface area (Å²) < 4.78 is 76.5. The molecule has 1 heterocycles. The minimum Gasteiger partial charge on any atom is -0.452 e. The molecule has 0 radical (unpaired) electrons. The van der Waals surface area contributed by atoms with Crippen molar-refractivity contribution in [1.82, 2.24) is 4.98 Å². The van der Waals surface area contributed by atoms with Crippen molar-refractivity contribution in [1.29, 1.82) is 0 Å². The summed E-state index contributed by atoms with van der Waals surface area (Å²) in [6.07, 6.45) is -4.82. The lowest BCUT2D eigenvalue weighted by Gasteiger charge is -2.08. The molecule has 17 heavy (non-hydrogen) atoms. The predicted molar refractivity (Wildman–Crippen MR) is 40.4 cm³/mol. The molecule has 0 aromatic carbocycles. The molecular weight excluding hydrogens is 256 g/mol. The van der Waals surface area contributed by atoms with Gasteiger partial charge in [-0.2, -0.15) is 26.9 Å². The summed E-state index contributed by atoms with van der Waals surface area (Å²) in [6.45, 7) is -1.99. The van der Waals surface area contributed by atoms with E-state index >= 15 is 0 Å². The van der Waals surface area contributed by atoms with Gasteiger partial charge in [0.15, 0.2) is 12.4 Å². The molecule has 0 aliphatic carbocycles.